The minimum atomic E-state index is 0. The van der Waals surface area contributed by atoms with Crippen LogP contribution in [-0.2, 0) is 24.1 Å². The third-order valence-corrected chi connectivity index (χ3v) is 5.80. The van der Waals surface area contributed by atoms with Crippen LogP contribution in [0.25, 0.3) is 0 Å². The van der Waals surface area contributed by atoms with E-state index in [1.165, 1.54) is 5.56 Å². The number of halogens is 1. The van der Waals surface area contributed by atoms with Crippen LogP contribution in [0.15, 0.2) is 33.8 Å². The smallest absolute Gasteiger partial charge is 0.191 e. The number of hydrogen-bond donors (Lipinski definition) is 2. The number of benzene rings is 1. The van der Waals surface area contributed by atoms with Crippen molar-refractivity contribution in [1.29, 1.82) is 0 Å². The summed E-state index contributed by atoms with van der Waals surface area (Å²) in [6, 6.07) is 8.53. The van der Waals surface area contributed by atoms with Gasteiger partial charge in [-0.2, -0.15) is 0 Å². The van der Waals surface area contributed by atoms with Gasteiger partial charge in [0.1, 0.15) is 11.5 Å². The molecule has 0 aliphatic carbocycles. The molecule has 1 aliphatic rings. The second-order valence-electron chi connectivity index (χ2n) is 7.75. The van der Waals surface area contributed by atoms with Crippen molar-refractivity contribution in [2.45, 2.75) is 46.2 Å². The highest BCUT2D eigenvalue weighted by Gasteiger charge is 2.23. The van der Waals surface area contributed by atoms with E-state index in [4.69, 9.17) is 19.0 Å². The molecule has 1 unspecified atom stereocenters. The van der Waals surface area contributed by atoms with E-state index < -0.39 is 0 Å². The highest BCUT2D eigenvalue weighted by atomic mass is 127. The Morgan fingerprint density at radius 1 is 1.12 bits per heavy atom. The normalized spacial score (nSPS) is 15.6. The Labute approximate surface area is 214 Å². The molecule has 0 radical (unpaired) electrons. The number of ether oxygens (including phenoxy) is 2. The fourth-order valence-corrected chi connectivity index (χ4v) is 3.98. The molecule has 0 saturated carbocycles. The van der Waals surface area contributed by atoms with Gasteiger partial charge < -0.3 is 24.6 Å². The van der Waals surface area contributed by atoms with Gasteiger partial charge in [0.25, 0.3) is 0 Å². The number of nitrogens with zero attached hydrogens (tertiary/aromatic N) is 3. The molecule has 8 nitrogen and oxygen atoms in total. The van der Waals surface area contributed by atoms with Crippen molar-refractivity contribution >= 4 is 29.9 Å². The molecule has 2 N–H and O–H groups in total. The summed E-state index contributed by atoms with van der Waals surface area (Å²) in [6.07, 6.45) is 1.66. The van der Waals surface area contributed by atoms with Gasteiger partial charge in [-0.3, -0.25) is 4.90 Å². The molecule has 1 aliphatic heterocycles. The van der Waals surface area contributed by atoms with E-state index in [-0.39, 0.29) is 30.0 Å². The summed E-state index contributed by atoms with van der Waals surface area (Å²) in [5, 5.41) is 11.1. The van der Waals surface area contributed by atoms with Gasteiger partial charge >= 0.3 is 0 Å². The van der Waals surface area contributed by atoms with Crippen molar-refractivity contribution < 1.29 is 14.0 Å². The van der Waals surface area contributed by atoms with Crippen molar-refractivity contribution in [3.05, 3.63) is 46.8 Å². The van der Waals surface area contributed by atoms with E-state index in [0.717, 1.165) is 81.0 Å². The zero-order valence-corrected chi connectivity index (χ0v) is 22.6. The Kier molecular flexibility index (Phi) is 12.0. The molecule has 1 fully saturated rings. The van der Waals surface area contributed by atoms with Crippen LogP contribution in [0.1, 0.15) is 49.4 Å². The summed E-state index contributed by atoms with van der Waals surface area (Å²) in [5.74, 6) is 2.58. The van der Waals surface area contributed by atoms with Crippen molar-refractivity contribution in [3.8, 4) is 5.75 Å². The number of hydrogen-bond acceptors (Lipinski definition) is 6. The summed E-state index contributed by atoms with van der Waals surface area (Å²) in [7, 11) is 1.69. The van der Waals surface area contributed by atoms with Gasteiger partial charge in [0.15, 0.2) is 5.96 Å². The topological polar surface area (TPSA) is 84.2 Å². The number of nitrogens with one attached hydrogen (secondary N) is 2. The monoisotopic (exact) mass is 571 g/mol. The predicted molar refractivity (Wildman–Crippen MR) is 142 cm³/mol. The summed E-state index contributed by atoms with van der Waals surface area (Å²) >= 11 is 0. The molecule has 1 aromatic heterocycles. The third kappa shape index (κ3) is 7.58. The molecule has 33 heavy (non-hydrogen) atoms. The first kappa shape index (κ1) is 27.4. The molecule has 2 aromatic rings. The highest BCUT2D eigenvalue weighted by Crippen LogP contribution is 2.24. The lowest BCUT2D eigenvalue weighted by molar-refractivity contribution is 0.0170. The van der Waals surface area contributed by atoms with E-state index in [2.05, 4.69) is 53.6 Å². The molecule has 2 heterocycles. The van der Waals surface area contributed by atoms with E-state index in [1.54, 1.807) is 7.11 Å². The largest absolute Gasteiger partial charge is 0.497 e. The van der Waals surface area contributed by atoms with E-state index in [1.807, 2.05) is 12.1 Å². The fraction of sp³-hybridized carbons (Fsp3) is 0.583. The standard InChI is InChI=1S/C24H37N5O3.HI/c1-5-21-20(23(6-2)32-28-21)16-26-24(25-7-3)27-17-22(29-12-14-31-15-13-29)18-8-10-19(30-4)11-9-18;/h8-11,22H,5-7,12-17H2,1-4H3,(H2,25,26,27);1H. The van der Waals surface area contributed by atoms with Crippen LogP contribution in [0.3, 0.4) is 0 Å². The predicted octanol–water partition coefficient (Wildman–Crippen LogP) is 3.55. The summed E-state index contributed by atoms with van der Waals surface area (Å²) in [5.41, 5.74) is 3.34. The van der Waals surface area contributed by atoms with Crippen LogP contribution >= 0.6 is 24.0 Å². The molecular formula is C24H38IN5O3. The third-order valence-electron chi connectivity index (χ3n) is 5.80. The maximum atomic E-state index is 5.58. The number of aromatic nitrogens is 1. The molecule has 1 aromatic carbocycles. The Hall–Kier alpha value is -1.85. The Morgan fingerprint density at radius 3 is 2.45 bits per heavy atom. The zero-order chi connectivity index (χ0) is 22.8. The second kappa shape index (κ2) is 14.4. The lowest BCUT2D eigenvalue weighted by Gasteiger charge is -2.35. The first-order valence-corrected chi connectivity index (χ1v) is 11.6. The molecule has 9 heteroatoms. The molecule has 0 spiro atoms. The van der Waals surface area contributed by atoms with Crippen molar-refractivity contribution in [3.63, 3.8) is 0 Å². The van der Waals surface area contributed by atoms with Gasteiger partial charge in [0, 0.05) is 38.2 Å². The minimum absolute atomic E-state index is 0. The molecule has 1 saturated heterocycles. The lowest BCUT2D eigenvalue weighted by Crippen LogP contribution is -2.46. The average molecular weight is 572 g/mol. The van der Waals surface area contributed by atoms with Gasteiger partial charge in [0.05, 0.1) is 38.6 Å². The van der Waals surface area contributed by atoms with Crippen LogP contribution in [0.5, 0.6) is 5.75 Å². The van der Waals surface area contributed by atoms with Gasteiger partial charge in [-0.25, -0.2) is 4.99 Å². The lowest BCUT2D eigenvalue weighted by atomic mass is 10.0. The number of guanidine groups is 1. The molecule has 0 amide bonds. The Bertz CT molecular complexity index is 829. The van der Waals surface area contributed by atoms with Crippen molar-refractivity contribution in [2.24, 2.45) is 4.99 Å². The van der Waals surface area contributed by atoms with Crippen LogP contribution < -0.4 is 15.4 Å². The van der Waals surface area contributed by atoms with E-state index in [0.29, 0.717) is 6.54 Å². The van der Waals surface area contributed by atoms with Gasteiger partial charge in [-0.05, 0) is 31.0 Å². The maximum Gasteiger partial charge on any atom is 0.191 e. The van der Waals surface area contributed by atoms with Gasteiger partial charge in [-0.15, -0.1) is 24.0 Å². The first-order valence-electron chi connectivity index (χ1n) is 11.6. The van der Waals surface area contributed by atoms with Crippen LogP contribution in [0, 0.1) is 0 Å². The second-order valence-corrected chi connectivity index (χ2v) is 7.75. The van der Waals surface area contributed by atoms with E-state index >= 15 is 0 Å². The van der Waals surface area contributed by atoms with E-state index in [9.17, 15) is 0 Å². The molecular weight excluding hydrogens is 533 g/mol. The van der Waals surface area contributed by atoms with Crippen LogP contribution in [0.4, 0.5) is 0 Å². The van der Waals surface area contributed by atoms with Crippen LogP contribution in [0.2, 0.25) is 0 Å². The molecule has 0 bridgehead atoms. The summed E-state index contributed by atoms with van der Waals surface area (Å²) in [6.45, 7) is 11.7. The number of rotatable bonds is 10. The number of morpholine rings is 1. The Morgan fingerprint density at radius 2 is 1.85 bits per heavy atom. The summed E-state index contributed by atoms with van der Waals surface area (Å²) < 4.78 is 16.4. The highest BCUT2D eigenvalue weighted by molar-refractivity contribution is 14.0. The van der Waals surface area contributed by atoms with Crippen molar-refractivity contribution in [1.82, 2.24) is 20.7 Å². The first-order chi connectivity index (χ1) is 15.7. The average Bonchev–Trinajstić information content (AvgIpc) is 3.25. The van der Waals surface area contributed by atoms with Crippen molar-refractivity contribution in [2.75, 3.05) is 46.5 Å². The molecule has 1 atom stereocenters. The minimum Gasteiger partial charge on any atom is -0.497 e. The van der Waals surface area contributed by atoms with Crippen LogP contribution in [-0.4, -0.2) is 62.5 Å². The quantitative estimate of drug-likeness (QED) is 0.257. The summed E-state index contributed by atoms with van der Waals surface area (Å²) in [4.78, 5) is 7.31. The zero-order valence-electron chi connectivity index (χ0n) is 20.2. The number of aliphatic imine (C=N–C) groups is 1. The van der Waals surface area contributed by atoms with Gasteiger partial charge in [-0.1, -0.05) is 31.1 Å². The Balaban J connectivity index is 0.00000385. The van der Waals surface area contributed by atoms with Gasteiger partial charge in [0.2, 0.25) is 0 Å². The number of aryl methyl sites for hydroxylation is 2. The number of methoxy groups -OCH3 is 1. The maximum absolute atomic E-state index is 5.58. The molecule has 184 valence electrons. The SMILES string of the molecule is CCNC(=NCc1c(CC)noc1CC)NCC(c1ccc(OC)cc1)N1CCOCC1.I. The molecule has 3 rings (SSSR count). The fourth-order valence-electron chi connectivity index (χ4n) is 3.98.